The van der Waals surface area contributed by atoms with Crippen LogP contribution in [0.15, 0.2) is 36.4 Å². The van der Waals surface area contributed by atoms with Crippen molar-refractivity contribution >= 4 is 40.5 Å². The summed E-state index contributed by atoms with van der Waals surface area (Å²) in [5.74, 6) is -0.395. The van der Waals surface area contributed by atoms with Gasteiger partial charge in [-0.3, -0.25) is 9.69 Å². The predicted octanol–water partition coefficient (Wildman–Crippen LogP) is 4.86. The number of hydrogen-bond acceptors (Lipinski definition) is 4. The van der Waals surface area contributed by atoms with Crippen molar-refractivity contribution in [1.29, 1.82) is 0 Å². The average Bonchev–Trinajstić information content (AvgIpc) is 2.85. The molecule has 2 aliphatic heterocycles. The molecular weight excluding hydrogens is 437 g/mol. The van der Waals surface area contributed by atoms with Crippen molar-refractivity contribution in [3.05, 3.63) is 57.2 Å². The van der Waals surface area contributed by atoms with Crippen LogP contribution in [0.1, 0.15) is 35.7 Å². The molecule has 0 unspecified atom stereocenters. The van der Waals surface area contributed by atoms with Gasteiger partial charge in [0, 0.05) is 45.6 Å². The molecule has 2 aromatic carbocycles. The Morgan fingerprint density at radius 1 is 1.16 bits per heavy atom. The van der Waals surface area contributed by atoms with E-state index in [2.05, 4.69) is 5.32 Å². The number of benzene rings is 2. The molecule has 1 N–H and O–H groups in total. The van der Waals surface area contributed by atoms with Crippen molar-refractivity contribution in [1.82, 2.24) is 9.55 Å². The minimum absolute atomic E-state index is 0.0735. The Bertz CT molecular complexity index is 1270. The van der Waals surface area contributed by atoms with Crippen molar-refractivity contribution in [2.75, 3.05) is 44.6 Å². The van der Waals surface area contributed by atoms with E-state index < -0.39 is 30.4 Å². The zero-order chi connectivity index (χ0) is 29.0. The average molecular weight is 472 g/mol. The summed E-state index contributed by atoms with van der Waals surface area (Å²) in [6, 6.07) is 8.91. The molecule has 0 bridgehead atoms. The smallest absolute Gasteiger partial charge is 0.224 e. The van der Waals surface area contributed by atoms with E-state index in [1.165, 1.54) is 24.3 Å². The number of rotatable bonds is 7. The molecule has 6 nitrogen and oxygen atoms in total. The van der Waals surface area contributed by atoms with E-state index >= 15 is 0 Å². The molecule has 31 heavy (non-hydrogen) atoms. The summed E-state index contributed by atoms with van der Waals surface area (Å²) >= 11 is 12.3. The van der Waals surface area contributed by atoms with Gasteiger partial charge in [0.05, 0.1) is 27.4 Å². The van der Waals surface area contributed by atoms with Gasteiger partial charge in [-0.25, -0.2) is 0 Å². The lowest BCUT2D eigenvalue weighted by atomic mass is 10.0. The number of aryl methyl sites for hydroxylation is 1. The van der Waals surface area contributed by atoms with Crippen LogP contribution in [0.2, 0.25) is 10.0 Å². The molecule has 0 aromatic heterocycles. The van der Waals surface area contributed by atoms with Crippen LogP contribution in [0.5, 0.6) is 5.75 Å². The van der Waals surface area contributed by atoms with E-state index in [-0.39, 0.29) is 53.6 Å². The quantitative estimate of drug-likeness (QED) is 0.462. The second-order valence-corrected chi connectivity index (χ2v) is 8.11. The third-order valence-corrected chi connectivity index (χ3v) is 6.11. The van der Waals surface area contributed by atoms with Crippen LogP contribution in [0.4, 0.5) is 11.4 Å². The Morgan fingerprint density at radius 3 is 2.77 bits per heavy atom. The molecule has 1 saturated heterocycles. The van der Waals surface area contributed by atoms with Gasteiger partial charge < -0.3 is 19.9 Å². The zero-order valence-electron chi connectivity index (χ0n) is 24.6. The highest BCUT2D eigenvalue weighted by molar-refractivity contribution is 6.43. The van der Waals surface area contributed by atoms with Gasteiger partial charge in [0.25, 0.3) is 0 Å². The summed E-state index contributed by atoms with van der Waals surface area (Å²) in [4.78, 5) is 12.7. The first-order valence-corrected chi connectivity index (χ1v) is 10.6. The van der Waals surface area contributed by atoms with Crippen LogP contribution < -0.4 is 14.7 Å². The highest BCUT2D eigenvalue weighted by Crippen LogP contribution is 2.36. The van der Waals surface area contributed by atoms with Crippen LogP contribution in [0.3, 0.4) is 0 Å². The number of quaternary nitrogens is 1. The van der Waals surface area contributed by atoms with Gasteiger partial charge >= 0.3 is 0 Å². The fourth-order valence-electron chi connectivity index (χ4n) is 3.58. The first kappa shape index (κ1) is 14.3. The van der Waals surface area contributed by atoms with Crippen LogP contribution in [0, 0.1) is 5.21 Å². The van der Waals surface area contributed by atoms with Crippen molar-refractivity contribution < 1.29 is 20.5 Å². The third kappa shape index (κ3) is 5.33. The summed E-state index contributed by atoms with van der Waals surface area (Å²) in [6.45, 7) is -7.34. The summed E-state index contributed by atoms with van der Waals surface area (Å²) in [5.41, 5.74) is 1.36. The molecular formula is C23H27Cl2N3O3. The topological polar surface area (TPSA) is 64.6 Å². The minimum Gasteiger partial charge on any atom is -0.627 e. The van der Waals surface area contributed by atoms with Gasteiger partial charge in [-0.1, -0.05) is 35.3 Å². The number of piperazine rings is 1. The summed E-state index contributed by atoms with van der Waals surface area (Å²) in [6.07, 6.45) is -6.20. The van der Waals surface area contributed by atoms with Crippen LogP contribution in [-0.2, 0) is 11.2 Å². The molecule has 8 heteroatoms. The zero-order valence-corrected chi connectivity index (χ0v) is 18.1. The first-order chi connectivity index (χ1) is 17.9. The standard InChI is InChI=1S/C23H27Cl2N3O3/c24-19-4-3-5-21(23(19)25)28(30)13-11-27(12-14-28)10-1-2-15-31-18-8-6-17-7-9-22(29)26-20(17)16-18/h3-6,8,16H,1-2,7,9-15H2,(H,26,29)/i1D2,2D2,10D2,15D2. The number of hydrogen-bond donors (Lipinski definition) is 1. The Labute approximate surface area is 204 Å². The molecule has 1 fully saturated rings. The second-order valence-electron chi connectivity index (χ2n) is 7.33. The number of nitrogens with zero attached hydrogens (tertiary/aromatic N) is 2. The monoisotopic (exact) mass is 471 g/mol. The van der Waals surface area contributed by atoms with Gasteiger partial charge in [0.2, 0.25) is 5.91 Å². The van der Waals surface area contributed by atoms with Crippen LogP contribution in [0.25, 0.3) is 0 Å². The lowest BCUT2D eigenvalue weighted by molar-refractivity contribution is -0.116. The lowest BCUT2D eigenvalue weighted by Gasteiger charge is -2.48. The number of amides is 1. The van der Waals surface area contributed by atoms with Gasteiger partial charge in [-0.2, -0.15) is 0 Å². The third-order valence-electron chi connectivity index (χ3n) is 5.31. The van der Waals surface area contributed by atoms with E-state index in [0.29, 0.717) is 18.5 Å². The first-order valence-electron chi connectivity index (χ1n) is 13.8. The lowest BCUT2D eigenvalue weighted by Crippen LogP contribution is -2.57. The van der Waals surface area contributed by atoms with E-state index in [4.69, 9.17) is 38.9 Å². The molecule has 0 spiro atoms. The molecule has 0 aliphatic carbocycles. The number of hydroxylamine groups is 2. The maximum Gasteiger partial charge on any atom is 0.224 e. The van der Waals surface area contributed by atoms with Gasteiger partial charge in [-0.15, -0.1) is 0 Å². The Hall–Kier alpha value is -1.83. The molecule has 2 aromatic rings. The maximum absolute atomic E-state index is 13.5. The van der Waals surface area contributed by atoms with Crippen molar-refractivity contribution in [2.24, 2.45) is 0 Å². The number of carbonyl (C=O) groups excluding carboxylic acids is 1. The number of halogens is 2. The molecule has 0 atom stereocenters. The Morgan fingerprint density at radius 2 is 1.97 bits per heavy atom. The normalized spacial score (nSPS) is 24.0. The fourth-order valence-corrected chi connectivity index (χ4v) is 4.03. The number of ether oxygens (including phenoxy) is 1. The molecule has 0 saturated carbocycles. The Kier molecular flexibility index (Phi) is 4.51. The van der Waals surface area contributed by atoms with Crippen molar-refractivity contribution in [3.8, 4) is 5.75 Å². The number of fused-ring (bicyclic) bond motifs is 1. The number of anilines is 1. The number of carbonyl (C=O) groups is 1. The Balaban J connectivity index is 1.53. The number of nitrogens with one attached hydrogen (secondary N) is 1. The minimum atomic E-state index is -3.51. The molecule has 2 heterocycles. The molecule has 2 aliphatic rings. The predicted molar refractivity (Wildman–Crippen MR) is 126 cm³/mol. The largest absolute Gasteiger partial charge is 0.627 e. The highest BCUT2D eigenvalue weighted by Gasteiger charge is 2.30. The summed E-state index contributed by atoms with van der Waals surface area (Å²) < 4.78 is 71.7. The van der Waals surface area contributed by atoms with Crippen LogP contribution in [-0.4, -0.2) is 50.0 Å². The van der Waals surface area contributed by atoms with E-state index in [9.17, 15) is 10.0 Å². The van der Waals surface area contributed by atoms with E-state index in [1.807, 2.05) is 0 Å². The van der Waals surface area contributed by atoms with Crippen LogP contribution >= 0.6 is 23.2 Å². The van der Waals surface area contributed by atoms with Crippen molar-refractivity contribution in [3.63, 3.8) is 0 Å². The highest BCUT2D eigenvalue weighted by atomic mass is 35.5. The van der Waals surface area contributed by atoms with Gasteiger partial charge in [0.1, 0.15) is 10.8 Å². The molecule has 4 rings (SSSR count). The van der Waals surface area contributed by atoms with Gasteiger partial charge in [-0.05, 0) is 43.4 Å². The molecule has 166 valence electrons. The van der Waals surface area contributed by atoms with Crippen molar-refractivity contribution in [2.45, 2.75) is 25.6 Å². The molecule has 1 amide bonds. The van der Waals surface area contributed by atoms with E-state index in [1.54, 1.807) is 12.1 Å². The fraction of sp³-hybridized carbons (Fsp3) is 0.435. The molecule has 0 radical (unpaired) electrons. The summed E-state index contributed by atoms with van der Waals surface area (Å²) in [5, 5.41) is 16.4. The van der Waals surface area contributed by atoms with Gasteiger partial charge in [0.15, 0.2) is 5.69 Å². The summed E-state index contributed by atoms with van der Waals surface area (Å²) in [7, 11) is 0. The second kappa shape index (κ2) is 9.76. The maximum atomic E-state index is 13.5. The SMILES string of the molecule is [2H]C([2H])(Oc1ccc2c(c1)NC(=O)CC2)C([2H])([2H])C([2H])([2H])C([2H])([2H])N1CC[N+]([O-])(c2cccc(Cl)c2Cl)CC1. The van der Waals surface area contributed by atoms with E-state index in [0.717, 1.165) is 10.5 Å².